The van der Waals surface area contributed by atoms with Crippen molar-refractivity contribution in [2.75, 3.05) is 13.1 Å². The predicted octanol–water partition coefficient (Wildman–Crippen LogP) is 6.94. The minimum absolute atomic E-state index is 1.03. The molecule has 1 aromatic carbocycles. The van der Waals surface area contributed by atoms with E-state index in [1.165, 1.54) is 28.7 Å². The van der Waals surface area contributed by atoms with Gasteiger partial charge in [0.2, 0.25) is 0 Å². The first kappa shape index (κ1) is 19.5. The molecule has 29 heavy (non-hydrogen) atoms. The monoisotopic (exact) mass is 381 g/mol. The number of fused-ring (bicyclic) bond motifs is 1. The average molecular weight is 382 g/mol. The predicted molar refractivity (Wildman–Crippen MR) is 126 cm³/mol. The Morgan fingerprint density at radius 3 is 2.59 bits per heavy atom. The van der Waals surface area contributed by atoms with Crippen LogP contribution in [-0.4, -0.2) is 18.0 Å². The van der Waals surface area contributed by atoms with E-state index in [2.05, 4.69) is 72.7 Å². The maximum absolute atomic E-state index is 4.38. The Bertz CT molecular complexity index is 967. The van der Waals surface area contributed by atoms with Gasteiger partial charge >= 0.3 is 0 Å². The molecule has 1 fully saturated rings. The molecule has 2 aliphatic carbocycles. The number of rotatable bonds is 4. The summed E-state index contributed by atoms with van der Waals surface area (Å²) in [6.45, 7) is 12.3. The summed E-state index contributed by atoms with van der Waals surface area (Å²) in [7, 11) is 0. The zero-order valence-electron chi connectivity index (χ0n) is 17.6. The van der Waals surface area contributed by atoms with Crippen molar-refractivity contribution in [3.05, 3.63) is 113 Å². The summed E-state index contributed by atoms with van der Waals surface area (Å²) in [5, 5.41) is 0. The molecule has 0 aromatic heterocycles. The lowest BCUT2D eigenvalue weighted by Crippen LogP contribution is -2.30. The lowest BCUT2D eigenvalue weighted by atomic mass is 9.86. The van der Waals surface area contributed by atoms with Crippen molar-refractivity contribution in [2.24, 2.45) is 0 Å². The van der Waals surface area contributed by atoms with Crippen molar-refractivity contribution in [3.8, 4) is 0 Å². The van der Waals surface area contributed by atoms with E-state index >= 15 is 0 Å². The Labute approximate surface area is 175 Å². The molecular weight excluding hydrogens is 350 g/mol. The highest BCUT2D eigenvalue weighted by molar-refractivity contribution is 5.88. The van der Waals surface area contributed by atoms with Crippen molar-refractivity contribution in [2.45, 2.75) is 39.0 Å². The van der Waals surface area contributed by atoms with Crippen LogP contribution in [0.15, 0.2) is 102 Å². The minimum atomic E-state index is 1.03. The normalized spacial score (nSPS) is 19.5. The van der Waals surface area contributed by atoms with Gasteiger partial charge in [0.1, 0.15) is 0 Å². The number of benzene rings is 1. The first-order valence-corrected chi connectivity index (χ1v) is 10.8. The van der Waals surface area contributed by atoms with E-state index in [0.717, 1.165) is 50.0 Å². The molecule has 1 aromatic rings. The Balaban J connectivity index is 1.64. The molecule has 148 valence electrons. The van der Waals surface area contributed by atoms with Gasteiger partial charge in [-0.15, -0.1) is 0 Å². The summed E-state index contributed by atoms with van der Waals surface area (Å²) in [4.78, 5) is 2.43. The molecule has 1 nitrogen and oxygen atoms in total. The molecule has 1 heterocycles. The van der Waals surface area contributed by atoms with Crippen LogP contribution in [0.1, 0.15) is 43.7 Å². The SMILES string of the molecule is C=C/C=C(\C=C/C)C(=C)N1CCC(=C2C3=C(CC=C3)CCc3ccccc32)CC1. The fourth-order valence-electron chi connectivity index (χ4n) is 4.87. The smallest absolute Gasteiger partial charge is 0.0366 e. The molecule has 4 rings (SSSR count). The highest BCUT2D eigenvalue weighted by atomic mass is 15.1. The summed E-state index contributed by atoms with van der Waals surface area (Å²) in [5.41, 5.74) is 11.5. The van der Waals surface area contributed by atoms with Gasteiger partial charge in [-0.1, -0.05) is 85.0 Å². The molecule has 0 amide bonds. The number of hydrogen-bond donors (Lipinski definition) is 0. The number of nitrogens with zero attached hydrogens (tertiary/aromatic N) is 1. The topological polar surface area (TPSA) is 3.24 Å². The number of allylic oxidation sites excluding steroid dienone is 9. The van der Waals surface area contributed by atoms with Gasteiger partial charge < -0.3 is 4.90 Å². The molecule has 0 atom stereocenters. The molecule has 0 N–H and O–H groups in total. The Hall–Kier alpha value is -2.80. The van der Waals surface area contributed by atoms with Crippen LogP contribution in [0.5, 0.6) is 0 Å². The lowest BCUT2D eigenvalue weighted by molar-refractivity contribution is 0.330. The Kier molecular flexibility index (Phi) is 5.85. The van der Waals surface area contributed by atoms with Gasteiger partial charge in [-0.2, -0.15) is 0 Å². The van der Waals surface area contributed by atoms with Crippen molar-refractivity contribution in [1.29, 1.82) is 0 Å². The summed E-state index contributed by atoms with van der Waals surface area (Å²) >= 11 is 0. The summed E-state index contributed by atoms with van der Waals surface area (Å²) < 4.78 is 0. The van der Waals surface area contributed by atoms with Crippen molar-refractivity contribution >= 4 is 5.57 Å². The summed E-state index contributed by atoms with van der Waals surface area (Å²) in [5.74, 6) is 0. The molecule has 1 aliphatic heterocycles. The van der Waals surface area contributed by atoms with Crippen LogP contribution in [0.2, 0.25) is 0 Å². The van der Waals surface area contributed by atoms with E-state index in [1.54, 1.807) is 11.1 Å². The highest BCUT2D eigenvalue weighted by Crippen LogP contribution is 2.43. The molecule has 1 heteroatoms. The van der Waals surface area contributed by atoms with Crippen LogP contribution in [0.4, 0.5) is 0 Å². The van der Waals surface area contributed by atoms with Gasteiger partial charge in [-0.25, -0.2) is 0 Å². The van der Waals surface area contributed by atoms with Crippen molar-refractivity contribution in [1.82, 2.24) is 4.90 Å². The van der Waals surface area contributed by atoms with Crippen molar-refractivity contribution in [3.63, 3.8) is 0 Å². The van der Waals surface area contributed by atoms with Crippen molar-refractivity contribution < 1.29 is 0 Å². The minimum Gasteiger partial charge on any atom is -0.371 e. The maximum atomic E-state index is 4.38. The zero-order valence-corrected chi connectivity index (χ0v) is 17.6. The van der Waals surface area contributed by atoms with E-state index in [0.29, 0.717) is 0 Å². The summed E-state index contributed by atoms with van der Waals surface area (Å²) in [6, 6.07) is 9.04. The van der Waals surface area contributed by atoms with Crippen LogP contribution in [0, 0.1) is 0 Å². The van der Waals surface area contributed by atoms with E-state index in [4.69, 9.17) is 0 Å². The second-order valence-corrected chi connectivity index (χ2v) is 8.05. The third-order valence-corrected chi connectivity index (χ3v) is 6.36. The van der Waals surface area contributed by atoms with Crippen LogP contribution in [-0.2, 0) is 6.42 Å². The molecule has 0 spiro atoms. The van der Waals surface area contributed by atoms with E-state index in [9.17, 15) is 0 Å². The van der Waals surface area contributed by atoms with E-state index < -0.39 is 0 Å². The zero-order chi connectivity index (χ0) is 20.2. The highest BCUT2D eigenvalue weighted by Gasteiger charge is 2.26. The van der Waals surface area contributed by atoms with Crippen LogP contribution in [0.25, 0.3) is 5.57 Å². The summed E-state index contributed by atoms with van der Waals surface area (Å²) in [6.07, 6.45) is 18.5. The fourth-order valence-corrected chi connectivity index (χ4v) is 4.87. The number of aryl methyl sites for hydroxylation is 1. The average Bonchev–Trinajstić information content (AvgIpc) is 3.15. The first-order valence-electron chi connectivity index (χ1n) is 10.8. The lowest BCUT2D eigenvalue weighted by Gasteiger charge is -2.34. The molecule has 3 aliphatic rings. The second-order valence-electron chi connectivity index (χ2n) is 8.05. The molecule has 0 unspecified atom stereocenters. The maximum Gasteiger partial charge on any atom is 0.0366 e. The van der Waals surface area contributed by atoms with Gasteiger partial charge in [-0.05, 0) is 66.9 Å². The third-order valence-electron chi connectivity index (χ3n) is 6.36. The van der Waals surface area contributed by atoms with E-state index in [1.807, 2.05) is 13.0 Å². The third kappa shape index (κ3) is 3.87. The van der Waals surface area contributed by atoms with Crippen LogP contribution < -0.4 is 0 Å². The number of likely N-dealkylation sites (tertiary alicyclic amines) is 1. The van der Waals surface area contributed by atoms with Gasteiger partial charge in [0.15, 0.2) is 0 Å². The van der Waals surface area contributed by atoms with Crippen LogP contribution >= 0.6 is 0 Å². The van der Waals surface area contributed by atoms with E-state index in [-0.39, 0.29) is 0 Å². The molecule has 1 saturated heterocycles. The molecule has 0 bridgehead atoms. The Morgan fingerprint density at radius 2 is 1.83 bits per heavy atom. The largest absolute Gasteiger partial charge is 0.371 e. The van der Waals surface area contributed by atoms with Crippen LogP contribution in [0.3, 0.4) is 0 Å². The quantitative estimate of drug-likeness (QED) is 0.511. The number of hydrogen-bond acceptors (Lipinski definition) is 1. The number of piperidine rings is 1. The fraction of sp³-hybridized carbons (Fsp3) is 0.286. The first-order chi connectivity index (χ1) is 14.2. The second kappa shape index (κ2) is 8.69. The van der Waals surface area contributed by atoms with Gasteiger partial charge in [0.25, 0.3) is 0 Å². The van der Waals surface area contributed by atoms with Gasteiger partial charge in [-0.3, -0.25) is 0 Å². The van der Waals surface area contributed by atoms with Gasteiger partial charge in [0, 0.05) is 18.8 Å². The molecule has 0 saturated carbocycles. The molecular formula is C28H31N. The van der Waals surface area contributed by atoms with Gasteiger partial charge in [0.05, 0.1) is 0 Å². The Morgan fingerprint density at radius 1 is 1.03 bits per heavy atom. The standard InChI is InChI=1S/C28H31N/c1-4-9-22(10-5-2)21(3)29-19-17-25(18-20-29)28-26-13-7-6-11-23(26)15-16-24-12-8-14-27(24)28/h4-11,13-14H,1,3,12,15-20H2,2H3/b10-5-,22-9+. The molecule has 0 radical (unpaired) electrons.